The van der Waals surface area contributed by atoms with Gasteiger partial charge in [-0.3, -0.25) is 0 Å². The van der Waals surface area contributed by atoms with Crippen molar-refractivity contribution in [3.8, 4) is 0 Å². The molecule has 4 nitrogen and oxygen atoms in total. The number of carbonyl (C=O) groups excluding carboxylic acids is 1. The van der Waals surface area contributed by atoms with Crippen molar-refractivity contribution >= 4 is 6.09 Å². The van der Waals surface area contributed by atoms with E-state index in [1.54, 1.807) is 12.1 Å². The fourth-order valence-electron chi connectivity index (χ4n) is 1.32. The monoisotopic (exact) mass is 178 g/mol. The van der Waals surface area contributed by atoms with E-state index in [-0.39, 0.29) is 6.61 Å². The summed E-state index contributed by atoms with van der Waals surface area (Å²) in [6.45, 7) is 0.145. The van der Waals surface area contributed by atoms with Gasteiger partial charge in [-0.25, -0.2) is 0 Å². The highest BCUT2D eigenvalue weighted by Crippen LogP contribution is 2.22. The van der Waals surface area contributed by atoms with Gasteiger partial charge in [0.05, 0.1) is 0 Å². The lowest BCUT2D eigenvalue weighted by molar-refractivity contribution is -0.482. The Kier molecular flexibility index (Phi) is 1.81. The van der Waals surface area contributed by atoms with Gasteiger partial charge in [0.25, 0.3) is 6.04 Å². The molecule has 1 saturated heterocycles. The maximum atomic E-state index is 11.1. The summed E-state index contributed by atoms with van der Waals surface area (Å²) < 4.78 is 4.98. The van der Waals surface area contributed by atoms with Crippen LogP contribution < -0.4 is 0 Å². The summed E-state index contributed by atoms with van der Waals surface area (Å²) in [6.07, 6.45) is -0.797. The molecule has 13 heavy (non-hydrogen) atoms. The lowest BCUT2D eigenvalue weighted by Crippen LogP contribution is -2.12. The van der Waals surface area contributed by atoms with Crippen LogP contribution in [0.25, 0.3) is 0 Å². The summed E-state index contributed by atoms with van der Waals surface area (Å²) in [6, 6.07) is 8.64. The molecule has 1 unspecified atom stereocenters. The quantitative estimate of drug-likeness (QED) is 0.614. The van der Waals surface area contributed by atoms with Gasteiger partial charge in [-0.2, -0.15) is 4.79 Å². The summed E-state index contributed by atoms with van der Waals surface area (Å²) in [5.74, 6) is 0. The molecule has 4 heteroatoms. The van der Waals surface area contributed by atoms with E-state index < -0.39 is 12.1 Å². The molecule has 1 aromatic carbocycles. The van der Waals surface area contributed by atoms with E-state index in [9.17, 15) is 9.70 Å². The maximum absolute atomic E-state index is 11.1. The molecule has 1 atom stereocenters. The third kappa shape index (κ3) is 1.30. The van der Waals surface area contributed by atoms with Crippen LogP contribution >= 0.6 is 0 Å². The molecule has 1 aromatic rings. The van der Waals surface area contributed by atoms with E-state index in [0.29, 0.717) is 4.76 Å². The van der Waals surface area contributed by atoms with Crippen LogP contribution in [0.1, 0.15) is 11.6 Å². The van der Waals surface area contributed by atoms with E-state index in [2.05, 4.69) is 4.74 Å². The summed E-state index contributed by atoms with van der Waals surface area (Å²) in [7, 11) is 0. The van der Waals surface area contributed by atoms with E-state index in [0.717, 1.165) is 5.56 Å². The minimum atomic E-state index is -0.797. The number of ether oxygens (including phenoxy) is 1. The SMILES string of the molecule is O=C1OCC(c2ccccc2)[N+]1=O. The lowest BCUT2D eigenvalue weighted by Gasteiger charge is -1.96. The first-order valence-electron chi connectivity index (χ1n) is 3.97. The molecule has 1 aliphatic rings. The second-order valence-electron chi connectivity index (χ2n) is 2.83. The van der Waals surface area contributed by atoms with Gasteiger partial charge in [0.2, 0.25) is 0 Å². The Morgan fingerprint density at radius 1 is 1.31 bits per heavy atom. The first-order chi connectivity index (χ1) is 6.29. The van der Waals surface area contributed by atoms with Crippen molar-refractivity contribution in [3.05, 3.63) is 40.8 Å². The highest BCUT2D eigenvalue weighted by Gasteiger charge is 2.44. The maximum Gasteiger partial charge on any atom is 0.645 e. The van der Waals surface area contributed by atoms with Crippen molar-refractivity contribution in [1.29, 1.82) is 0 Å². The van der Waals surface area contributed by atoms with Crippen LogP contribution in [0, 0.1) is 4.91 Å². The van der Waals surface area contributed by atoms with Gasteiger partial charge < -0.3 is 4.74 Å². The zero-order valence-electron chi connectivity index (χ0n) is 6.84. The van der Waals surface area contributed by atoms with Crippen LogP contribution in [0.3, 0.4) is 0 Å². The number of benzene rings is 1. The molecule has 0 radical (unpaired) electrons. The topological polar surface area (TPSA) is 46.4 Å². The minimum absolute atomic E-state index is 0.145. The van der Waals surface area contributed by atoms with Crippen LogP contribution in [-0.2, 0) is 4.74 Å². The molecule has 66 valence electrons. The van der Waals surface area contributed by atoms with Gasteiger partial charge in [-0.05, 0) is 0 Å². The predicted octanol–water partition coefficient (Wildman–Crippen LogP) is 1.66. The van der Waals surface area contributed by atoms with Gasteiger partial charge in [0.15, 0.2) is 6.61 Å². The molecule has 2 rings (SSSR count). The molecule has 1 fully saturated rings. The Bertz CT molecular complexity index is 347. The average molecular weight is 178 g/mol. The van der Waals surface area contributed by atoms with Gasteiger partial charge in [0.1, 0.15) is 4.76 Å². The van der Waals surface area contributed by atoms with Gasteiger partial charge >= 0.3 is 6.09 Å². The number of nitroso groups, excluding NO2 is 1. The summed E-state index contributed by atoms with van der Waals surface area (Å²) >= 11 is 0. The highest BCUT2D eigenvalue weighted by atomic mass is 16.6. The summed E-state index contributed by atoms with van der Waals surface area (Å²) in [5, 5.41) is 0. The molecule has 0 bridgehead atoms. The number of hydrogen-bond acceptors (Lipinski definition) is 3. The van der Waals surface area contributed by atoms with Crippen LogP contribution in [-0.4, -0.2) is 17.5 Å². The van der Waals surface area contributed by atoms with Crippen molar-refractivity contribution < 1.29 is 14.3 Å². The molecule has 0 spiro atoms. The number of carbonyl (C=O) groups is 1. The Morgan fingerprint density at radius 3 is 2.54 bits per heavy atom. The highest BCUT2D eigenvalue weighted by molar-refractivity contribution is 5.59. The largest absolute Gasteiger partial charge is 0.645 e. The number of cyclic esters (lactones) is 1. The van der Waals surface area contributed by atoms with Crippen molar-refractivity contribution in [2.75, 3.05) is 6.61 Å². The van der Waals surface area contributed by atoms with Gasteiger partial charge in [0, 0.05) is 10.5 Å². The summed E-state index contributed by atoms with van der Waals surface area (Å²) in [4.78, 5) is 21.9. The summed E-state index contributed by atoms with van der Waals surface area (Å²) in [5.41, 5.74) is 0.809. The molecule has 0 N–H and O–H groups in total. The fourth-order valence-corrected chi connectivity index (χ4v) is 1.32. The van der Waals surface area contributed by atoms with E-state index in [4.69, 9.17) is 0 Å². The Hall–Kier alpha value is -1.71. The number of nitrogens with zero attached hydrogens (tertiary/aromatic N) is 1. The molecular formula is C9H8NO3+. The third-order valence-electron chi connectivity index (χ3n) is 2.01. The van der Waals surface area contributed by atoms with Gasteiger partial charge in [-0.15, -0.1) is 0 Å². The number of hydrogen-bond donors (Lipinski definition) is 0. The van der Waals surface area contributed by atoms with Crippen LogP contribution in [0.5, 0.6) is 0 Å². The van der Waals surface area contributed by atoms with Crippen molar-refractivity contribution in [3.63, 3.8) is 0 Å². The molecule has 0 aromatic heterocycles. The third-order valence-corrected chi connectivity index (χ3v) is 2.01. The molecule has 1 amide bonds. The number of rotatable bonds is 1. The van der Waals surface area contributed by atoms with E-state index in [1.165, 1.54) is 0 Å². The van der Waals surface area contributed by atoms with Crippen LogP contribution in [0.4, 0.5) is 4.79 Å². The first kappa shape index (κ1) is 7.91. The molecular weight excluding hydrogens is 170 g/mol. The predicted molar refractivity (Wildman–Crippen MR) is 44.2 cm³/mol. The average Bonchev–Trinajstić information content (AvgIpc) is 2.49. The first-order valence-corrected chi connectivity index (χ1v) is 3.97. The molecule has 1 heterocycles. The Morgan fingerprint density at radius 2 is 2.00 bits per heavy atom. The Labute approximate surface area is 74.7 Å². The second-order valence-corrected chi connectivity index (χ2v) is 2.83. The van der Waals surface area contributed by atoms with Gasteiger partial charge in [-0.1, -0.05) is 30.3 Å². The van der Waals surface area contributed by atoms with Crippen molar-refractivity contribution in [2.45, 2.75) is 6.04 Å². The smallest absolute Gasteiger partial charge is 0.401 e. The van der Waals surface area contributed by atoms with Crippen LogP contribution in [0.15, 0.2) is 30.3 Å². The lowest BCUT2D eigenvalue weighted by atomic mass is 10.1. The van der Waals surface area contributed by atoms with Crippen molar-refractivity contribution in [2.24, 2.45) is 0 Å². The number of amides is 1. The minimum Gasteiger partial charge on any atom is -0.401 e. The zero-order valence-corrected chi connectivity index (χ0v) is 6.84. The standard InChI is InChI=1S/C9H8NO3/c11-9-10(12)8(6-13-9)7-4-2-1-3-5-7/h1-5,8H,6H2/q+1. The molecule has 1 aliphatic heterocycles. The van der Waals surface area contributed by atoms with E-state index in [1.807, 2.05) is 18.2 Å². The van der Waals surface area contributed by atoms with Crippen LogP contribution in [0.2, 0.25) is 0 Å². The second kappa shape index (κ2) is 2.97. The molecule has 0 aliphatic carbocycles. The van der Waals surface area contributed by atoms with Crippen molar-refractivity contribution in [1.82, 2.24) is 0 Å². The zero-order chi connectivity index (χ0) is 9.26. The Balaban J connectivity index is 2.29. The normalized spacial score (nSPS) is 21.7. The fraction of sp³-hybridized carbons (Fsp3) is 0.222. The van der Waals surface area contributed by atoms with E-state index >= 15 is 0 Å². The molecule has 0 saturated carbocycles.